The maximum atomic E-state index is 5.58. The summed E-state index contributed by atoms with van der Waals surface area (Å²) < 4.78 is 10.5. The highest BCUT2D eigenvalue weighted by Gasteiger charge is 2.18. The van der Waals surface area contributed by atoms with Crippen LogP contribution in [0.25, 0.3) is 0 Å². The minimum Gasteiger partial charge on any atom is -0.491 e. The average Bonchev–Trinajstić information content (AvgIpc) is 2.49. The van der Waals surface area contributed by atoms with Gasteiger partial charge in [-0.05, 0) is 44.1 Å². The highest BCUT2D eigenvalue weighted by atomic mass is 35.5. The van der Waals surface area contributed by atoms with E-state index in [4.69, 9.17) is 9.47 Å². The van der Waals surface area contributed by atoms with Gasteiger partial charge in [-0.3, -0.25) is 4.90 Å². The van der Waals surface area contributed by atoms with Gasteiger partial charge in [-0.2, -0.15) is 0 Å². The van der Waals surface area contributed by atoms with Crippen molar-refractivity contribution in [1.82, 2.24) is 10.2 Å². The van der Waals surface area contributed by atoms with E-state index >= 15 is 0 Å². The molecule has 1 aromatic rings. The molecule has 1 aliphatic rings. The molecule has 120 valence electrons. The Kier molecular flexibility index (Phi) is 8.69. The Morgan fingerprint density at radius 3 is 2.67 bits per heavy atom. The third-order valence-electron chi connectivity index (χ3n) is 3.80. The Balaban J connectivity index is 0.00000220. The van der Waals surface area contributed by atoms with E-state index in [-0.39, 0.29) is 12.4 Å². The van der Waals surface area contributed by atoms with Gasteiger partial charge in [0.1, 0.15) is 12.4 Å². The van der Waals surface area contributed by atoms with Crippen LogP contribution in [-0.4, -0.2) is 51.4 Å². The first kappa shape index (κ1) is 18.2. The van der Waals surface area contributed by atoms with E-state index < -0.39 is 0 Å². The maximum absolute atomic E-state index is 5.58. The summed E-state index contributed by atoms with van der Waals surface area (Å²) in [6.45, 7) is 4.59. The number of piperidine rings is 1. The lowest BCUT2D eigenvalue weighted by atomic mass is 10.1. The SMILES string of the molecule is CNC1CCCN(Cc2ccc(OCCOC)cc2)C1.Cl. The van der Waals surface area contributed by atoms with Crippen molar-refractivity contribution in [1.29, 1.82) is 0 Å². The van der Waals surface area contributed by atoms with Gasteiger partial charge < -0.3 is 14.8 Å². The normalized spacial score (nSPS) is 19.0. The summed E-state index contributed by atoms with van der Waals surface area (Å²) in [6.07, 6.45) is 2.57. The molecule has 0 aliphatic carbocycles. The largest absolute Gasteiger partial charge is 0.491 e. The van der Waals surface area contributed by atoms with Crippen molar-refractivity contribution in [2.24, 2.45) is 0 Å². The second-order valence-electron chi connectivity index (χ2n) is 5.35. The number of halogens is 1. The minimum absolute atomic E-state index is 0. The molecule has 0 amide bonds. The molecule has 1 aliphatic heterocycles. The molecule has 0 bridgehead atoms. The van der Waals surface area contributed by atoms with Crippen LogP contribution in [0.4, 0.5) is 0 Å². The zero-order chi connectivity index (χ0) is 14.2. The number of rotatable bonds is 7. The monoisotopic (exact) mass is 314 g/mol. The minimum atomic E-state index is 0. The molecule has 1 N–H and O–H groups in total. The van der Waals surface area contributed by atoms with Crippen molar-refractivity contribution >= 4 is 12.4 Å². The number of hydrogen-bond donors (Lipinski definition) is 1. The van der Waals surface area contributed by atoms with Gasteiger partial charge in [0.25, 0.3) is 0 Å². The molecule has 0 saturated carbocycles. The van der Waals surface area contributed by atoms with Gasteiger partial charge in [-0.1, -0.05) is 12.1 Å². The molecular formula is C16H27ClN2O2. The standard InChI is InChI=1S/C16H26N2O2.ClH/c1-17-15-4-3-9-18(13-15)12-14-5-7-16(8-6-14)20-11-10-19-2;/h5-8,15,17H,3-4,9-13H2,1-2H3;1H. The van der Waals surface area contributed by atoms with Gasteiger partial charge in [-0.25, -0.2) is 0 Å². The molecule has 0 radical (unpaired) electrons. The Labute approximate surface area is 134 Å². The van der Waals surface area contributed by atoms with E-state index in [9.17, 15) is 0 Å². The van der Waals surface area contributed by atoms with Crippen molar-refractivity contribution in [3.63, 3.8) is 0 Å². The summed E-state index contributed by atoms with van der Waals surface area (Å²) in [6, 6.07) is 9.05. The third kappa shape index (κ3) is 6.22. The summed E-state index contributed by atoms with van der Waals surface area (Å²) in [5.74, 6) is 0.914. The number of methoxy groups -OCH3 is 1. The van der Waals surface area contributed by atoms with Gasteiger partial charge in [0.15, 0.2) is 0 Å². The molecule has 1 heterocycles. The van der Waals surface area contributed by atoms with Gasteiger partial charge in [0.2, 0.25) is 0 Å². The number of likely N-dealkylation sites (N-methyl/N-ethyl adjacent to an activating group) is 1. The summed E-state index contributed by atoms with van der Waals surface area (Å²) in [4.78, 5) is 2.52. The Morgan fingerprint density at radius 2 is 2.00 bits per heavy atom. The molecule has 21 heavy (non-hydrogen) atoms. The third-order valence-corrected chi connectivity index (χ3v) is 3.80. The van der Waals surface area contributed by atoms with Crippen LogP contribution in [0.15, 0.2) is 24.3 Å². The van der Waals surface area contributed by atoms with Crippen LogP contribution in [0, 0.1) is 0 Å². The number of nitrogens with one attached hydrogen (secondary N) is 1. The lowest BCUT2D eigenvalue weighted by Crippen LogP contribution is -2.43. The highest BCUT2D eigenvalue weighted by Crippen LogP contribution is 2.16. The fourth-order valence-electron chi connectivity index (χ4n) is 2.63. The molecule has 0 aromatic heterocycles. The zero-order valence-electron chi connectivity index (χ0n) is 13.0. The van der Waals surface area contributed by atoms with Crippen LogP contribution in [0.5, 0.6) is 5.75 Å². The fourth-order valence-corrected chi connectivity index (χ4v) is 2.63. The molecule has 5 heteroatoms. The van der Waals surface area contributed by atoms with E-state index in [2.05, 4.69) is 29.4 Å². The Hall–Kier alpha value is -0.810. The van der Waals surface area contributed by atoms with E-state index in [0.717, 1.165) is 18.8 Å². The summed E-state index contributed by atoms with van der Waals surface area (Å²) in [5, 5.41) is 3.38. The predicted molar refractivity (Wildman–Crippen MR) is 88.4 cm³/mol. The molecule has 4 nitrogen and oxygen atoms in total. The number of benzene rings is 1. The van der Waals surface area contributed by atoms with Crippen molar-refractivity contribution in [3.8, 4) is 5.75 Å². The molecule has 1 saturated heterocycles. The molecule has 1 unspecified atom stereocenters. The van der Waals surface area contributed by atoms with Gasteiger partial charge >= 0.3 is 0 Å². The topological polar surface area (TPSA) is 33.7 Å². The number of ether oxygens (including phenoxy) is 2. The van der Waals surface area contributed by atoms with Crippen LogP contribution in [0.3, 0.4) is 0 Å². The van der Waals surface area contributed by atoms with E-state index in [0.29, 0.717) is 19.3 Å². The fraction of sp³-hybridized carbons (Fsp3) is 0.625. The molecule has 1 atom stereocenters. The van der Waals surface area contributed by atoms with Crippen molar-refractivity contribution in [3.05, 3.63) is 29.8 Å². The molecule has 0 spiro atoms. The first-order chi connectivity index (χ1) is 9.81. The average molecular weight is 315 g/mol. The van der Waals surface area contributed by atoms with Crippen LogP contribution >= 0.6 is 12.4 Å². The van der Waals surface area contributed by atoms with E-state index in [1.54, 1.807) is 7.11 Å². The van der Waals surface area contributed by atoms with Crippen LogP contribution < -0.4 is 10.1 Å². The second-order valence-corrected chi connectivity index (χ2v) is 5.35. The van der Waals surface area contributed by atoms with Gasteiger partial charge in [0, 0.05) is 26.2 Å². The summed E-state index contributed by atoms with van der Waals surface area (Å²) in [7, 11) is 3.74. The van der Waals surface area contributed by atoms with Crippen molar-refractivity contribution in [2.45, 2.75) is 25.4 Å². The van der Waals surface area contributed by atoms with Crippen molar-refractivity contribution in [2.75, 3.05) is 40.5 Å². The quantitative estimate of drug-likeness (QED) is 0.783. The number of nitrogens with zero attached hydrogens (tertiary/aromatic N) is 1. The summed E-state index contributed by atoms with van der Waals surface area (Å²) in [5.41, 5.74) is 1.35. The second kappa shape index (κ2) is 10.0. The molecule has 2 rings (SSSR count). The Morgan fingerprint density at radius 1 is 1.24 bits per heavy atom. The lowest BCUT2D eigenvalue weighted by Gasteiger charge is -2.32. The van der Waals surface area contributed by atoms with E-state index in [1.165, 1.54) is 24.9 Å². The molecule has 1 aromatic carbocycles. The predicted octanol–water partition coefficient (Wildman–Crippen LogP) is 2.32. The maximum Gasteiger partial charge on any atom is 0.119 e. The lowest BCUT2D eigenvalue weighted by molar-refractivity contribution is 0.146. The van der Waals surface area contributed by atoms with Crippen molar-refractivity contribution < 1.29 is 9.47 Å². The molecule has 1 fully saturated rings. The summed E-state index contributed by atoms with van der Waals surface area (Å²) >= 11 is 0. The van der Waals surface area contributed by atoms with Gasteiger partial charge in [-0.15, -0.1) is 12.4 Å². The van der Waals surface area contributed by atoms with Crippen LogP contribution in [-0.2, 0) is 11.3 Å². The van der Waals surface area contributed by atoms with Gasteiger partial charge in [0.05, 0.1) is 6.61 Å². The smallest absolute Gasteiger partial charge is 0.119 e. The van der Waals surface area contributed by atoms with E-state index in [1.807, 2.05) is 12.1 Å². The first-order valence-corrected chi connectivity index (χ1v) is 7.42. The van der Waals surface area contributed by atoms with Crippen LogP contribution in [0.2, 0.25) is 0 Å². The highest BCUT2D eigenvalue weighted by molar-refractivity contribution is 5.85. The zero-order valence-corrected chi connectivity index (χ0v) is 13.8. The number of hydrogen-bond acceptors (Lipinski definition) is 4. The Bertz CT molecular complexity index is 386. The molecular weight excluding hydrogens is 288 g/mol. The number of likely N-dealkylation sites (tertiary alicyclic amines) is 1. The van der Waals surface area contributed by atoms with Crippen LogP contribution in [0.1, 0.15) is 18.4 Å². The first-order valence-electron chi connectivity index (χ1n) is 7.42.